The molecule has 0 unspecified atom stereocenters. The SMILES string of the molecule is C[N@+]1(C2CCCCC2)CNc2c(Br)cc(Br)cc2C1. The predicted molar refractivity (Wildman–Crippen MR) is 87.1 cm³/mol. The Hall–Kier alpha value is -0.0600. The lowest BCUT2D eigenvalue weighted by Crippen LogP contribution is -2.56. The van der Waals surface area contributed by atoms with Gasteiger partial charge in [-0.3, -0.25) is 0 Å². The molecule has 4 heteroatoms. The van der Waals surface area contributed by atoms with Crippen molar-refractivity contribution in [1.29, 1.82) is 0 Å². The van der Waals surface area contributed by atoms with E-state index in [0.717, 1.165) is 28.2 Å². The molecule has 1 fully saturated rings. The molecule has 104 valence electrons. The third-order valence-electron chi connectivity index (χ3n) is 4.74. The van der Waals surface area contributed by atoms with Crippen molar-refractivity contribution in [2.45, 2.75) is 44.7 Å². The van der Waals surface area contributed by atoms with Gasteiger partial charge in [-0.15, -0.1) is 0 Å². The number of nitrogens with one attached hydrogen (secondary N) is 1. The van der Waals surface area contributed by atoms with Crippen LogP contribution >= 0.6 is 31.9 Å². The second-order valence-corrected chi connectivity index (χ2v) is 7.96. The van der Waals surface area contributed by atoms with E-state index in [1.807, 2.05) is 0 Å². The van der Waals surface area contributed by atoms with Gasteiger partial charge in [0.05, 0.1) is 18.8 Å². The number of hydrogen-bond donors (Lipinski definition) is 1. The van der Waals surface area contributed by atoms with Crippen molar-refractivity contribution in [1.82, 2.24) is 0 Å². The molecule has 1 aliphatic carbocycles. The van der Waals surface area contributed by atoms with Gasteiger partial charge in [0, 0.05) is 14.5 Å². The van der Waals surface area contributed by atoms with Crippen LogP contribution in [-0.2, 0) is 6.54 Å². The highest BCUT2D eigenvalue weighted by Gasteiger charge is 2.37. The summed E-state index contributed by atoms with van der Waals surface area (Å²) in [5, 5.41) is 3.65. The molecule has 1 heterocycles. The molecule has 19 heavy (non-hydrogen) atoms. The monoisotopic (exact) mass is 387 g/mol. The molecule has 1 N–H and O–H groups in total. The Morgan fingerprint density at radius 1 is 1.16 bits per heavy atom. The number of benzene rings is 1. The second kappa shape index (κ2) is 5.38. The van der Waals surface area contributed by atoms with Gasteiger partial charge in [0.2, 0.25) is 0 Å². The van der Waals surface area contributed by atoms with Crippen molar-refractivity contribution in [2.75, 3.05) is 19.0 Å². The second-order valence-electron chi connectivity index (χ2n) is 6.19. The average Bonchev–Trinajstić information content (AvgIpc) is 2.39. The van der Waals surface area contributed by atoms with Gasteiger partial charge >= 0.3 is 0 Å². The zero-order valence-corrected chi connectivity index (χ0v) is 14.6. The van der Waals surface area contributed by atoms with E-state index >= 15 is 0 Å². The Morgan fingerprint density at radius 2 is 1.89 bits per heavy atom. The summed E-state index contributed by atoms with van der Waals surface area (Å²) in [5.41, 5.74) is 2.72. The summed E-state index contributed by atoms with van der Waals surface area (Å²) >= 11 is 7.28. The standard InChI is InChI=1S/C15H21Br2N2/c1-19(13-5-3-2-4-6-13)9-11-7-12(16)8-14(17)15(11)18-10-19/h7-8,13,18H,2-6,9-10H2,1H3/q+1/t19-/m1/s1. The van der Waals surface area contributed by atoms with Crippen LogP contribution < -0.4 is 5.32 Å². The van der Waals surface area contributed by atoms with Crippen LogP contribution in [0.15, 0.2) is 21.1 Å². The molecule has 2 nitrogen and oxygen atoms in total. The topological polar surface area (TPSA) is 12.0 Å². The van der Waals surface area contributed by atoms with Crippen LogP contribution in [0.4, 0.5) is 5.69 Å². The lowest BCUT2D eigenvalue weighted by molar-refractivity contribution is -0.945. The van der Waals surface area contributed by atoms with Crippen LogP contribution in [-0.4, -0.2) is 24.2 Å². The van der Waals surface area contributed by atoms with Crippen LogP contribution in [0, 0.1) is 0 Å². The fourth-order valence-electron chi connectivity index (χ4n) is 3.62. The predicted octanol–water partition coefficient (Wildman–Crippen LogP) is 4.87. The zero-order chi connectivity index (χ0) is 13.5. The van der Waals surface area contributed by atoms with Gasteiger partial charge in [-0.25, -0.2) is 0 Å². The molecular formula is C15H21Br2N2+. The van der Waals surface area contributed by atoms with E-state index < -0.39 is 0 Å². The maximum absolute atomic E-state index is 3.67. The number of hydrogen-bond acceptors (Lipinski definition) is 1. The minimum atomic E-state index is 0.826. The molecule has 2 aliphatic rings. The summed E-state index contributed by atoms with van der Waals surface area (Å²) in [4.78, 5) is 0. The highest BCUT2D eigenvalue weighted by Crippen LogP contribution is 2.38. The van der Waals surface area contributed by atoms with Gasteiger partial charge in [0.1, 0.15) is 6.54 Å². The number of quaternary nitrogens is 1. The summed E-state index contributed by atoms with van der Waals surface area (Å²) in [5.74, 6) is 0. The fraction of sp³-hybridized carbons (Fsp3) is 0.600. The average molecular weight is 389 g/mol. The van der Waals surface area contributed by atoms with E-state index in [4.69, 9.17) is 0 Å². The molecule has 0 aromatic heterocycles. The van der Waals surface area contributed by atoms with Crippen LogP contribution in [0.3, 0.4) is 0 Å². The number of rotatable bonds is 1. The van der Waals surface area contributed by atoms with Gasteiger partial charge < -0.3 is 9.80 Å². The van der Waals surface area contributed by atoms with E-state index in [-0.39, 0.29) is 0 Å². The largest absolute Gasteiger partial charge is 0.337 e. The molecule has 1 aromatic rings. The minimum absolute atomic E-state index is 0.826. The van der Waals surface area contributed by atoms with Crippen LogP contribution in [0.2, 0.25) is 0 Å². The summed E-state index contributed by atoms with van der Waals surface area (Å²) in [6.07, 6.45) is 7.03. The third kappa shape index (κ3) is 2.72. The smallest absolute Gasteiger partial charge is 0.152 e. The first-order chi connectivity index (χ1) is 9.08. The highest BCUT2D eigenvalue weighted by molar-refractivity contribution is 9.11. The van der Waals surface area contributed by atoms with E-state index in [0.29, 0.717) is 0 Å². The fourth-order valence-corrected chi connectivity index (χ4v) is 5.07. The van der Waals surface area contributed by atoms with Gasteiger partial charge in [0.25, 0.3) is 0 Å². The van der Waals surface area contributed by atoms with Gasteiger partial charge in [-0.05, 0) is 53.7 Å². The molecule has 1 aliphatic heterocycles. The zero-order valence-electron chi connectivity index (χ0n) is 11.4. The van der Waals surface area contributed by atoms with Gasteiger partial charge in [-0.2, -0.15) is 0 Å². The highest BCUT2D eigenvalue weighted by atomic mass is 79.9. The molecule has 3 rings (SSSR count). The van der Waals surface area contributed by atoms with E-state index in [1.54, 1.807) is 0 Å². The summed E-state index contributed by atoms with van der Waals surface area (Å²) in [6, 6.07) is 5.22. The maximum atomic E-state index is 3.67. The van der Waals surface area contributed by atoms with Crippen molar-refractivity contribution in [3.8, 4) is 0 Å². The van der Waals surface area contributed by atoms with E-state index in [2.05, 4.69) is 56.4 Å². The number of anilines is 1. The Bertz CT molecular complexity index is 483. The first kappa shape index (κ1) is 13.9. The van der Waals surface area contributed by atoms with E-state index in [1.165, 1.54) is 47.8 Å². The summed E-state index contributed by atoms with van der Waals surface area (Å²) in [6.45, 7) is 2.20. The van der Waals surface area contributed by atoms with Crippen molar-refractivity contribution in [3.05, 3.63) is 26.6 Å². The maximum Gasteiger partial charge on any atom is 0.152 e. The lowest BCUT2D eigenvalue weighted by Gasteiger charge is -2.46. The normalized spacial score (nSPS) is 27.7. The Morgan fingerprint density at radius 3 is 2.63 bits per heavy atom. The van der Waals surface area contributed by atoms with Gasteiger partial charge in [0.15, 0.2) is 6.67 Å². The minimum Gasteiger partial charge on any atom is -0.337 e. The third-order valence-corrected chi connectivity index (χ3v) is 5.82. The molecule has 1 aromatic carbocycles. The van der Waals surface area contributed by atoms with Crippen molar-refractivity contribution in [3.63, 3.8) is 0 Å². The molecule has 0 radical (unpaired) electrons. The Labute approximate surface area is 132 Å². The molecule has 1 saturated carbocycles. The number of halogens is 2. The molecule has 1 atom stereocenters. The molecule has 0 amide bonds. The first-order valence-electron chi connectivity index (χ1n) is 7.14. The van der Waals surface area contributed by atoms with Crippen LogP contribution in [0.1, 0.15) is 37.7 Å². The molecule has 0 saturated heterocycles. The van der Waals surface area contributed by atoms with Crippen molar-refractivity contribution in [2.24, 2.45) is 0 Å². The van der Waals surface area contributed by atoms with E-state index in [9.17, 15) is 0 Å². The van der Waals surface area contributed by atoms with Crippen molar-refractivity contribution < 1.29 is 4.48 Å². The first-order valence-corrected chi connectivity index (χ1v) is 8.73. The lowest BCUT2D eigenvalue weighted by atomic mass is 9.91. The molecule has 0 spiro atoms. The van der Waals surface area contributed by atoms with Gasteiger partial charge in [-0.1, -0.05) is 22.4 Å². The van der Waals surface area contributed by atoms with Crippen LogP contribution in [0.25, 0.3) is 0 Å². The Kier molecular flexibility index (Phi) is 3.93. The van der Waals surface area contributed by atoms with Crippen LogP contribution in [0.5, 0.6) is 0 Å². The summed E-state index contributed by atoms with van der Waals surface area (Å²) in [7, 11) is 2.42. The molecular weight excluding hydrogens is 368 g/mol. The molecule has 0 bridgehead atoms. The van der Waals surface area contributed by atoms with Crippen molar-refractivity contribution >= 4 is 37.5 Å². The number of fused-ring (bicyclic) bond motifs is 1. The quantitative estimate of drug-likeness (QED) is 0.676. The number of nitrogens with zero attached hydrogens (tertiary/aromatic N) is 1. The Balaban J connectivity index is 1.88. The summed E-state index contributed by atoms with van der Waals surface area (Å²) < 4.78 is 3.49.